The third-order valence-corrected chi connectivity index (χ3v) is 8.38. The van der Waals surface area contributed by atoms with E-state index in [4.69, 9.17) is 9.47 Å². The number of pyridine rings is 1. The van der Waals surface area contributed by atoms with Gasteiger partial charge < -0.3 is 24.5 Å². The van der Waals surface area contributed by atoms with Gasteiger partial charge in [0.1, 0.15) is 11.9 Å². The molecule has 3 aliphatic heterocycles. The van der Waals surface area contributed by atoms with Gasteiger partial charge in [0, 0.05) is 42.3 Å². The van der Waals surface area contributed by atoms with Crippen LogP contribution >= 0.6 is 11.8 Å². The summed E-state index contributed by atoms with van der Waals surface area (Å²) in [6, 6.07) is 14.4. The molecule has 1 aromatic heterocycles. The molecule has 2 saturated heterocycles. The van der Waals surface area contributed by atoms with Crippen LogP contribution in [0.1, 0.15) is 6.42 Å². The molecule has 11 heteroatoms. The molecule has 6 rings (SSSR count). The number of β-amino-alcohol motifs (C(OH)–C–C–N with tert-alkyl or cyclic N) is 1. The maximum absolute atomic E-state index is 12.7. The van der Waals surface area contributed by atoms with Crippen LogP contribution in [0, 0.1) is 0 Å². The first-order chi connectivity index (χ1) is 18.3. The number of aromatic nitrogens is 1. The van der Waals surface area contributed by atoms with E-state index < -0.39 is 11.7 Å². The van der Waals surface area contributed by atoms with Crippen LogP contribution in [0.2, 0.25) is 0 Å². The second-order valence-electron chi connectivity index (χ2n) is 10.0. The molecular weight excluding hydrogens is 508 g/mol. The van der Waals surface area contributed by atoms with Gasteiger partial charge in [0.2, 0.25) is 5.91 Å². The van der Waals surface area contributed by atoms with Crippen molar-refractivity contribution in [2.45, 2.75) is 29.6 Å². The highest BCUT2D eigenvalue weighted by atomic mass is 32.2. The number of hydrogen-bond donors (Lipinski definition) is 2. The van der Waals surface area contributed by atoms with Crippen molar-refractivity contribution in [3.8, 4) is 5.75 Å². The number of nitrogens with zero attached hydrogens (tertiary/aromatic N) is 3. The molecule has 38 heavy (non-hydrogen) atoms. The number of rotatable bonds is 6. The van der Waals surface area contributed by atoms with E-state index in [1.807, 2.05) is 30.3 Å². The van der Waals surface area contributed by atoms with Crippen LogP contribution in [0.15, 0.2) is 58.2 Å². The number of likely N-dealkylation sites (tertiary alicyclic amines) is 1. The minimum Gasteiger partial charge on any atom is -0.497 e. The predicted molar refractivity (Wildman–Crippen MR) is 144 cm³/mol. The molecule has 0 spiro atoms. The van der Waals surface area contributed by atoms with Crippen molar-refractivity contribution < 1.29 is 24.2 Å². The van der Waals surface area contributed by atoms with Gasteiger partial charge in [-0.1, -0.05) is 0 Å². The topological polar surface area (TPSA) is 113 Å². The SMILES string of the molecule is COc1ccc2ccc(=O)n(C[C@]3(O)CCN(CC4CN(c5ccc6c(c5)NC(=O)CS6)C(=O)O4)C3)c2c1. The van der Waals surface area contributed by atoms with Gasteiger partial charge in [-0.25, -0.2) is 4.79 Å². The van der Waals surface area contributed by atoms with Gasteiger partial charge in [-0.2, -0.15) is 0 Å². The van der Waals surface area contributed by atoms with Gasteiger partial charge in [0.05, 0.1) is 42.8 Å². The molecule has 3 aliphatic rings. The van der Waals surface area contributed by atoms with Gasteiger partial charge in [0.25, 0.3) is 5.56 Å². The van der Waals surface area contributed by atoms with Crippen LogP contribution in [0.4, 0.5) is 16.2 Å². The smallest absolute Gasteiger partial charge is 0.414 e. The van der Waals surface area contributed by atoms with Crippen molar-refractivity contribution in [3.63, 3.8) is 0 Å². The predicted octanol–water partition coefficient (Wildman–Crippen LogP) is 2.52. The first kappa shape index (κ1) is 24.8. The standard InChI is InChI=1S/C27H28N4O6S/c1-36-19-5-2-17-3-7-25(33)31(22(17)11-19)16-27(35)8-9-29(15-27)12-20-13-30(26(34)37-20)18-4-6-23-21(10-18)28-24(32)14-38-23/h2-7,10-11,20,35H,8-9,12-16H2,1H3,(H,28,32)/t20?,27-/m0/s1. The Hall–Kier alpha value is -3.54. The van der Waals surface area contributed by atoms with E-state index in [2.05, 4.69) is 10.2 Å². The fourth-order valence-corrected chi connectivity index (χ4v) is 6.22. The van der Waals surface area contributed by atoms with Crippen molar-refractivity contribution in [1.82, 2.24) is 9.47 Å². The Balaban J connectivity index is 1.13. The van der Waals surface area contributed by atoms with Crippen LogP contribution in [0.25, 0.3) is 10.9 Å². The Bertz CT molecular complexity index is 1490. The van der Waals surface area contributed by atoms with E-state index in [-0.39, 0.29) is 24.1 Å². The minimum absolute atomic E-state index is 0.0621. The van der Waals surface area contributed by atoms with Crippen LogP contribution in [-0.2, 0) is 16.1 Å². The summed E-state index contributed by atoms with van der Waals surface area (Å²) in [5, 5.41) is 15.2. The van der Waals surface area contributed by atoms with Crippen LogP contribution in [0.5, 0.6) is 5.75 Å². The van der Waals surface area contributed by atoms with Gasteiger partial charge in [-0.05, 0) is 48.2 Å². The number of aliphatic hydroxyl groups is 1. The number of methoxy groups -OCH3 is 1. The Morgan fingerprint density at radius 3 is 2.84 bits per heavy atom. The highest BCUT2D eigenvalue weighted by Gasteiger charge is 2.40. The summed E-state index contributed by atoms with van der Waals surface area (Å²) in [5.41, 5.74) is 0.799. The molecule has 2 amide bonds. The monoisotopic (exact) mass is 536 g/mol. The second kappa shape index (κ2) is 9.64. The van der Waals surface area contributed by atoms with Crippen molar-refractivity contribution in [2.75, 3.05) is 49.3 Å². The zero-order valence-corrected chi connectivity index (χ0v) is 21.7. The Kier molecular flexibility index (Phi) is 6.29. The molecular formula is C27H28N4O6S. The van der Waals surface area contributed by atoms with Crippen molar-refractivity contribution >= 4 is 46.0 Å². The minimum atomic E-state index is -1.10. The molecule has 2 aromatic carbocycles. The van der Waals surface area contributed by atoms with Crippen molar-refractivity contribution in [3.05, 3.63) is 58.9 Å². The number of hydrogen-bond acceptors (Lipinski definition) is 8. The third-order valence-electron chi connectivity index (χ3n) is 7.31. The summed E-state index contributed by atoms with van der Waals surface area (Å²) in [4.78, 5) is 41.8. The van der Waals surface area contributed by atoms with Gasteiger partial charge in [0.15, 0.2) is 0 Å². The Morgan fingerprint density at radius 1 is 1.16 bits per heavy atom. The molecule has 10 nitrogen and oxygen atoms in total. The fourth-order valence-electron chi connectivity index (χ4n) is 5.43. The largest absolute Gasteiger partial charge is 0.497 e. The van der Waals surface area contributed by atoms with Gasteiger partial charge in [-0.15, -0.1) is 11.8 Å². The summed E-state index contributed by atoms with van der Waals surface area (Å²) < 4.78 is 12.6. The van der Waals surface area contributed by atoms with Gasteiger partial charge in [-0.3, -0.25) is 19.4 Å². The zero-order valence-electron chi connectivity index (χ0n) is 20.9. The van der Waals surface area contributed by atoms with Crippen molar-refractivity contribution in [1.29, 1.82) is 0 Å². The molecule has 3 aromatic rings. The number of anilines is 2. The quantitative estimate of drug-likeness (QED) is 0.494. The number of carbonyl (C=O) groups excluding carboxylic acids is 2. The lowest BCUT2D eigenvalue weighted by atomic mass is 10.0. The van der Waals surface area contributed by atoms with Crippen molar-refractivity contribution in [2.24, 2.45) is 0 Å². The van der Waals surface area contributed by atoms with Crippen LogP contribution < -0.4 is 20.5 Å². The number of benzene rings is 2. The van der Waals surface area contributed by atoms with E-state index in [9.17, 15) is 19.5 Å². The molecule has 4 heterocycles. The maximum Gasteiger partial charge on any atom is 0.414 e. The third kappa shape index (κ3) is 4.72. The number of carbonyl (C=O) groups is 2. The maximum atomic E-state index is 12.7. The first-order valence-corrected chi connectivity index (χ1v) is 13.5. The average Bonchev–Trinajstić information content (AvgIpc) is 3.46. The number of nitrogens with one attached hydrogen (secondary N) is 1. The molecule has 0 aliphatic carbocycles. The number of ether oxygens (including phenoxy) is 2. The lowest BCUT2D eigenvalue weighted by Gasteiger charge is -2.26. The first-order valence-electron chi connectivity index (χ1n) is 12.5. The van der Waals surface area contributed by atoms with E-state index in [0.717, 1.165) is 10.3 Å². The second-order valence-corrected chi connectivity index (χ2v) is 11.0. The molecule has 0 bridgehead atoms. The van der Waals surface area contributed by atoms with E-state index in [1.54, 1.807) is 28.7 Å². The van der Waals surface area contributed by atoms with E-state index in [0.29, 0.717) is 61.0 Å². The molecule has 2 fully saturated rings. The Morgan fingerprint density at radius 2 is 2.00 bits per heavy atom. The van der Waals surface area contributed by atoms with Crippen LogP contribution in [0.3, 0.4) is 0 Å². The number of amides is 2. The highest BCUT2D eigenvalue weighted by Crippen LogP contribution is 2.36. The molecule has 0 radical (unpaired) electrons. The number of fused-ring (bicyclic) bond motifs is 2. The summed E-state index contributed by atoms with van der Waals surface area (Å²) in [6.07, 6.45) is -0.309. The average molecular weight is 537 g/mol. The molecule has 1 unspecified atom stereocenters. The van der Waals surface area contributed by atoms with Crippen LogP contribution in [-0.4, -0.2) is 77.3 Å². The lowest BCUT2D eigenvalue weighted by molar-refractivity contribution is -0.113. The fraction of sp³-hybridized carbons (Fsp3) is 0.370. The summed E-state index contributed by atoms with van der Waals surface area (Å²) in [6.45, 7) is 1.98. The van der Waals surface area contributed by atoms with Gasteiger partial charge >= 0.3 is 6.09 Å². The van der Waals surface area contributed by atoms with E-state index >= 15 is 0 Å². The highest BCUT2D eigenvalue weighted by molar-refractivity contribution is 8.00. The number of thioether (sulfide) groups is 1. The lowest BCUT2D eigenvalue weighted by Crippen LogP contribution is -2.42. The van der Waals surface area contributed by atoms with E-state index in [1.165, 1.54) is 17.8 Å². The summed E-state index contributed by atoms with van der Waals surface area (Å²) in [7, 11) is 1.58. The molecule has 2 N–H and O–H groups in total. The zero-order chi connectivity index (χ0) is 26.4. The Labute approximate surface area is 223 Å². The molecule has 198 valence electrons. The molecule has 2 atom stereocenters. The summed E-state index contributed by atoms with van der Waals surface area (Å²) >= 11 is 1.47. The normalized spacial score (nSPS) is 23.4. The molecule has 0 saturated carbocycles. The summed E-state index contributed by atoms with van der Waals surface area (Å²) in [5.74, 6) is 0.962. The number of cyclic esters (lactones) is 1.